The molecule has 0 radical (unpaired) electrons. The lowest BCUT2D eigenvalue weighted by Gasteiger charge is -2.13. The summed E-state index contributed by atoms with van der Waals surface area (Å²) in [5.74, 6) is -3.35. The average Bonchev–Trinajstić information content (AvgIpc) is 3.15. The van der Waals surface area contributed by atoms with E-state index < -0.39 is 39.5 Å². The van der Waals surface area contributed by atoms with Crippen molar-refractivity contribution in [2.75, 3.05) is 6.54 Å². The molecule has 0 aromatic rings. The van der Waals surface area contributed by atoms with E-state index >= 15 is 0 Å². The maximum Gasteiger partial charge on any atom is 0.277 e. The van der Waals surface area contributed by atoms with E-state index in [1.807, 2.05) is 0 Å². The van der Waals surface area contributed by atoms with Crippen LogP contribution < -0.4 is 0 Å². The van der Waals surface area contributed by atoms with Gasteiger partial charge in [0.25, 0.3) is 27.8 Å². The van der Waals surface area contributed by atoms with Crippen LogP contribution in [0.15, 0.2) is 12.2 Å². The first kappa shape index (κ1) is 23.9. The minimum Gasteiger partial charge on any atom is -0.285 e. The molecule has 2 heterocycles. The van der Waals surface area contributed by atoms with Gasteiger partial charge in [0, 0.05) is 25.1 Å². The number of rotatable bonds is 12. The third kappa shape index (κ3) is 6.30. The van der Waals surface area contributed by atoms with Gasteiger partial charge in [-0.05, 0) is 12.8 Å². The zero-order valence-corrected chi connectivity index (χ0v) is 17.4. The molecule has 0 aromatic carbocycles. The van der Waals surface area contributed by atoms with Crippen molar-refractivity contribution >= 4 is 39.7 Å². The summed E-state index contributed by atoms with van der Waals surface area (Å²) < 4.78 is 31.1. The second kappa shape index (κ2) is 10.6. The number of amides is 5. The van der Waals surface area contributed by atoms with Crippen molar-refractivity contribution in [3.63, 3.8) is 0 Å². The third-order valence-electron chi connectivity index (χ3n) is 5.14. The smallest absolute Gasteiger partial charge is 0.277 e. The molecule has 166 valence electrons. The van der Waals surface area contributed by atoms with Crippen LogP contribution in [0.5, 0.6) is 0 Å². The van der Waals surface area contributed by atoms with Crippen molar-refractivity contribution in [1.82, 2.24) is 9.80 Å². The van der Waals surface area contributed by atoms with Crippen LogP contribution in [0.4, 0.5) is 0 Å². The lowest BCUT2D eigenvalue weighted by atomic mass is 10.1. The Balaban J connectivity index is 1.52. The van der Waals surface area contributed by atoms with Gasteiger partial charge in [-0.1, -0.05) is 38.5 Å². The zero-order chi connectivity index (χ0) is 22.3. The van der Waals surface area contributed by atoms with Crippen LogP contribution in [0.3, 0.4) is 0 Å². The number of carbonyl (C=O) groups excluding carboxylic acids is 5. The van der Waals surface area contributed by atoms with E-state index in [4.69, 9.17) is 4.55 Å². The number of hydrogen-bond acceptors (Lipinski definition) is 7. The number of hydrogen-bond donors (Lipinski definition) is 1. The molecule has 2 rings (SSSR count). The van der Waals surface area contributed by atoms with Crippen LogP contribution in [-0.4, -0.2) is 64.1 Å². The minimum absolute atomic E-state index is 0.0401. The molecule has 2 aliphatic rings. The Kier molecular flexibility index (Phi) is 8.42. The Hall–Kier alpha value is -2.40. The molecule has 0 spiro atoms. The fourth-order valence-corrected chi connectivity index (χ4v) is 4.18. The van der Waals surface area contributed by atoms with Gasteiger partial charge in [-0.15, -0.1) is 0 Å². The minimum atomic E-state index is -4.71. The molecule has 1 unspecified atom stereocenters. The maximum atomic E-state index is 12.1. The lowest BCUT2D eigenvalue weighted by Crippen LogP contribution is -2.39. The van der Waals surface area contributed by atoms with E-state index in [0.717, 1.165) is 44.9 Å². The zero-order valence-electron chi connectivity index (χ0n) is 16.6. The monoisotopic (exact) mass is 442 g/mol. The van der Waals surface area contributed by atoms with E-state index in [9.17, 15) is 32.4 Å². The highest BCUT2D eigenvalue weighted by molar-refractivity contribution is 7.87. The van der Waals surface area contributed by atoms with E-state index in [1.54, 1.807) is 0 Å². The van der Waals surface area contributed by atoms with Crippen molar-refractivity contribution in [2.24, 2.45) is 0 Å². The average molecular weight is 442 g/mol. The summed E-state index contributed by atoms with van der Waals surface area (Å²) in [6.45, 7) is 0.430. The molecule has 2 aliphatic heterocycles. The van der Waals surface area contributed by atoms with E-state index in [0.29, 0.717) is 17.9 Å². The number of unbranched alkanes of at least 4 members (excludes halogenated alkanes) is 7. The molecule has 11 heteroatoms. The van der Waals surface area contributed by atoms with E-state index in [1.165, 1.54) is 17.1 Å². The summed E-state index contributed by atoms with van der Waals surface area (Å²) in [5, 5.41) is -1.88. The van der Waals surface area contributed by atoms with Crippen LogP contribution in [0.1, 0.15) is 64.2 Å². The Morgan fingerprint density at radius 1 is 0.900 bits per heavy atom. The highest BCUT2D eigenvalue weighted by Crippen LogP contribution is 2.21. The molecule has 10 nitrogen and oxygen atoms in total. The fourth-order valence-electron chi connectivity index (χ4n) is 3.47. The number of likely N-dealkylation sites (tertiary alicyclic amines) is 1. The van der Waals surface area contributed by atoms with Crippen molar-refractivity contribution in [1.29, 1.82) is 0 Å². The quantitative estimate of drug-likeness (QED) is 0.267. The number of imide groups is 4. The Bertz CT molecular complexity index is 831. The maximum absolute atomic E-state index is 12.1. The normalized spacial score (nSPS) is 19.4. The van der Waals surface area contributed by atoms with Crippen LogP contribution >= 0.6 is 0 Å². The second-order valence-corrected chi connectivity index (χ2v) is 9.01. The van der Waals surface area contributed by atoms with Crippen LogP contribution in [0, 0.1) is 0 Å². The van der Waals surface area contributed by atoms with Gasteiger partial charge >= 0.3 is 0 Å². The molecular formula is C19H26N2O8S. The lowest BCUT2D eigenvalue weighted by molar-refractivity contribution is -0.149. The molecule has 5 amide bonds. The highest BCUT2D eigenvalue weighted by atomic mass is 32.2. The predicted octanol–water partition coefficient (Wildman–Crippen LogP) is 0.964. The standard InChI is InChI=1S/C19H26N2O8S/c22-15-10-11-16(23)20(15)12-8-6-4-2-1-3-5-7-9-17(24)21-18(25)13-14(19(21)26)30(27,28)29/h10-11,14H,1-9,12-13H2,(H,27,28,29). The summed E-state index contributed by atoms with van der Waals surface area (Å²) in [5.41, 5.74) is 0. The van der Waals surface area contributed by atoms with Crippen LogP contribution in [0.25, 0.3) is 0 Å². The van der Waals surface area contributed by atoms with Gasteiger partial charge in [0.1, 0.15) is 0 Å². The summed E-state index contributed by atoms with van der Waals surface area (Å²) in [6, 6.07) is 0. The summed E-state index contributed by atoms with van der Waals surface area (Å²) in [6.07, 6.45) is 8.43. The van der Waals surface area contributed by atoms with E-state index in [2.05, 4.69) is 0 Å². The SMILES string of the molecule is O=C1C=CC(=O)N1CCCCCCCCCCC(=O)N1C(=O)CC(S(=O)(=O)O)C1=O. The van der Waals surface area contributed by atoms with Crippen LogP contribution in [0.2, 0.25) is 0 Å². The molecule has 0 saturated carbocycles. The Morgan fingerprint density at radius 2 is 1.40 bits per heavy atom. The van der Waals surface area contributed by atoms with Crippen molar-refractivity contribution in [3.05, 3.63) is 12.2 Å². The van der Waals surface area contributed by atoms with Gasteiger partial charge in [-0.3, -0.25) is 33.4 Å². The molecule has 1 N–H and O–H groups in total. The molecule has 30 heavy (non-hydrogen) atoms. The van der Waals surface area contributed by atoms with Gasteiger partial charge in [-0.2, -0.15) is 8.42 Å². The summed E-state index contributed by atoms with van der Waals surface area (Å²) in [7, 11) is -4.71. The molecule has 0 aliphatic carbocycles. The summed E-state index contributed by atoms with van der Waals surface area (Å²) in [4.78, 5) is 60.0. The highest BCUT2D eigenvalue weighted by Gasteiger charge is 2.48. The predicted molar refractivity (Wildman–Crippen MR) is 104 cm³/mol. The van der Waals surface area contributed by atoms with Gasteiger partial charge in [0.05, 0.1) is 6.42 Å². The largest absolute Gasteiger partial charge is 0.285 e. The first-order chi connectivity index (χ1) is 14.1. The van der Waals surface area contributed by atoms with Crippen molar-refractivity contribution in [3.8, 4) is 0 Å². The van der Waals surface area contributed by atoms with Crippen molar-refractivity contribution in [2.45, 2.75) is 69.5 Å². The number of nitrogens with zero attached hydrogens (tertiary/aromatic N) is 2. The molecule has 1 atom stereocenters. The van der Waals surface area contributed by atoms with Gasteiger partial charge < -0.3 is 0 Å². The van der Waals surface area contributed by atoms with Gasteiger partial charge in [0.15, 0.2) is 5.25 Å². The van der Waals surface area contributed by atoms with Crippen LogP contribution in [-0.2, 0) is 34.1 Å². The topological polar surface area (TPSA) is 146 Å². The van der Waals surface area contributed by atoms with E-state index in [-0.39, 0.29) is 18.2 Å². The first-order valence-corrected chi connectivity index (χ1v) is 11.5. The first-order valence-electron chi connectivity index (χ1n) is 10.0. The number of carbonyl (C=O) groups is 5. The molecule has 1 fully saturated rings. The fraction of sp³-hybridized carbons (Fsp3) is 0.632. The second-order valence-electron chi connectivity index (χ2n) is 7.41. The molecule has 0 bridgehead atoms. The molecule has 0 aromatic heterocycles. The van der Waals surface area contributed by atoms with Crippen molar-refractivity contribution < 1.29 is 36.9 Å². The molecular weight excluding hydrogens is 416 g/mol. The van der Waals surface area contributed by atoms with Gasteiger partial charge in [0.2, 0.25) is 11.8 Å². The third-order valence-corrected chi connectivity index (χ3v) is 6.22. The van der Waals surface area contributed by atoms with Gasteiger partial charge in [-0.25, -0.2) is 4.90 Å². The molecule has 1 saturated heterocycles. The Labute approximate surface area is 175 Å². The Morgan fingerprint density at radius 3 is 1.90 bits per heavy atom. The summed E-state index contributed by atoms with van der Waals surface area (Å²) >= 11 is 0.